The topological polar surface area (TPSA) is 45.0 Å². The first-order valence-electron chi connectivity index (χ1n) is 5.65. The van der Waals surface area contributed by atoms with Gasteiger partial charge >= 0.3 is 0 Å². The van der Waals surface area contributed by atoms with E-state index < -0.39 is 0 Å². The zero-order valence-corrected chi connectivity index (χ0v) is 9.44. The van der Waals surface area contributed by atoms with Crippen LogP contribution in [0.1, 0.15) is 18.9 Å². The summed E-state index contributed by atoms with van der Waals surface area (Å²) in [7, 11) is 0. The van der Waals surface area contributed by atoms with Gasteiger partial charge in [0, 0.05) is 24.8 Å². The number of anilines is 1. The van der Waals surface area contributed by atoms with E-state index in [1.54, 1.807) is 0 Å². The quantitative estimate of drug-likeness (QED) is 0.843. The minimum Gasteiger partial charge on any atom is -0.385 e. The van der Waals surface area contributed by atoms with E-state index in [9.17, 15) is 0 Å². The van der Waals surface area contributed by atoms with Crippen LogP contribution in [-0.2, 0) is 4.74 Å². The Labute approximate surface area is 96.0 Å². The van der Waals surface area contributed by atoms with E-state index in [0.717, 1.165) is 25.3 Å². The fourth-order valence-electron chi connectivity index (χ4n) is 1.96. The predicted octanol–water partition coefficient (Wildman–Crippen LogP) is 2.40. The van der Waals surface area contributed by atoms with Crippen molar-refractivity contribution in [2.45, 2.75) is 19.4 Å². The SMILES string of the molecule is CC1OCCC1CNc1ccc(C#N)cc1. The molecule has 1 saturated heterocycles. The summed E-state index contributed by atoms with van der Waals surface area (Å²) in [5.41, 5.74) is 1.77. The van der Waals surface area contributed by atoms with Gasteiger partial charge in [-0.25, -0.2) is 0 Å². The van der Waals surface area contributed by atoms with Gasteiger partial charge in [0.15, 0.2) is 0 Å². The molecule has 3 heteroatoms. The van der Waals surface area contributed by atoms with Crippen LogP contribution < -0.4 is 5.32 Å². The molecule has 2 rings (SSSR count). The molecule has 1 aromatic carbocycles. The molecule has 0 aliphatic carbocycles. The molecule has 16 heavy (non-hydrogen) atoms. The standard InChI is InChI=1S/C13H16N2O/c1-10-12(6-7-16-10)9-15-13-4-2-11(8-14)3-5-13/h2-5,10,12,15H,6-7,9H2,1H3. The van der Waals surface area contributed by atoms with E-state index in [2.05, 4.69) is 18.3 Å². The lowest BCUT2D eigenvalue weighted by molar-refractivity contribution is 0.108. The molecule has 0 saturated carbocycles. The number of hydrogen-bond acceptors (Lipinski definition) is 3. The van der Waals surface area contributed by atoms with E-state index in [4.69, 9.17) is 10.00 Å². The van der Waals surface area contributed by atoms with Gasteiger partial charge in [-0.15, -0.1) is 0 Å². The van der Waals surface area contributed by atoms with Crippen LogP contribution in [0.15, 0.2) is 24.3 Å². The highest BCUT2D eigenvalue weighted by Gasteiger charge is 2.23. The number of benzene rings is 1. The van der Waals surface area contributed by atoms with Crippen molar-refractivity contribution in [3.8, 4) is 6.07 Å². The molecule has 1 fully saturated rings. The van der Waals surface area contributed by atoms with Crippen molar-refractivity contribution >= 4 is 5.69 Å². The molecule has 0 bridgehead atoms. The molecule has 1 N–H and O–H groups in total. The van der Waals surface area contributed by atoms with Gasteiger partial charge in [0.25, 0.3) is 0 Å². The van der Waals surface area contributed by atoms with E-state index in [1.165, 1.54) is 0 Å². The summed E-state index contributed by atoms with van der Waals surface area (Å²) in [6, 6.07) is 9.66. The van der Waals surface area contributed by atoms with Gasteiger partial charge in [-0.3, -0.25) is 0 Å². The third-order valence-electron chi connectivity index (χ3n) is 3.12. The number of nitrogens with zero attached hydrogens (tertiary/aromatic N) is 1. The molecule has 2 atom stereocenters. The van der Waals surface area contributed by atoms with E-state index in [-0.39, 0.29) is 0 Å². The summed E-state index contributed by atoms with van der Waals surface area (Å²) in [6.07, 6.45) is 1.48. The molecule has 1 aliphatic rings. The summed E-state index contributed by atoms with van der Waals surface area (Å²) >= 11 is 0. The second kappa shape index (κ2) is 5.00. The van der Waals surface area contributed by atoms with E-state index >= 15 is 0 Å². The maximum Gasteiger partial charge on any atom is 0.0991 e. The largest absolute Gasteiger partial charge is 0.385 e. The molecule has 0 radical (unpaired) electrons. The fourth-order valence-corrected chi connectivity index (χ4v) is 1.96. The third-order valence-corrected chi connectivity index (χ3v) is 3.12. The van der Waals surface area contributed by atoms with Crippen molar-refractivity contribution in [3.05, 3.63) is 29.8 Å². The monoisotopic (exact) mass is 216 g/mol. The molecule has 1 aromatic rings. The number of rotatable bonds is 3. The maximum atomic E-state index is 8.68. The second-order valence-electron chi connectivity index (χ2n) is 4.19. The first kappa shape index (κ1) is 11.0. The number of nitriles is 1. The van der Waals surface area contributed by atoms with Crippen LogP contribution in [0.3, 0.4) is 0 Å². The molecule has 0 aromatic heterocycles. The Hall–Kier alpha value is -1.53. The van der Waals surface area contributed by atoms with Crippen molar-refractivity contribution < 1.29 is 4.74 Å². The third kappa shape index (κ3) is 2.53. The summed E-state index contributed by atoms with van der Waals surface area (Å²) < 4.78 is 5.51. The Balaban J connectivity index is 1.87. The highest BCUT2D eigenvalue weighted by atomic mass is 16.5. The van der Waals surface area contributed by atoms with Gasteiger partial charge in [0.2, 0.25) is 0 Å². The predicted molar refractivity (Wildman–Crippen MR) is 63.2 cm³/mol. The van der Waals surface area contributed by atoms with Gasteiger partial charge < -0.3 is 10.1 Å². The Kier molecular flexibility index (Phi) is 3.43. The van der Waals surface area contributed by atoms with Crippen LogP contribution in [-0.4, -0.2) is 19.3 Å². The van der Waals surface area contributed by atoms with Crippen molar-refractivity contribution in [3.63, 3.8) is 0 Å². The molecular weight excluding hydrogens is 200 g/mol. The van der Waals surface area contributed by atoms with Crippen LogP contribution in [0, 0.1) is 17.2 Å². The van der Waals surface area contributed by atoms with E-state index in [0.29, 0.717) is 17.6 Å². The molecule has 0 amide bonds. The smallest absolute Gasteiger partial charge is 0.0991 e. The molecule has 1 aliphatic heterocycles. The minimum absolute atomic E-state index is 0.353. The van der Waals surface area contributed by atoms with Gasteiger partial charge in [-0.05, 0) is 37.6 Å². The summed E-state index contributed by atoms with van der Waals surface area (Å²) in [6.45, 7) is 3.94. The van der Waals surface area contributed by atoms with Crippen LogP contribution in [0.2, 0.25) is 0 Å². The normalized spacial score (nSPS) is 24.0. The summed E-state index contributed by atoms with van der Waals surface area (Å²) in [4.78, 5) is 0. The van der Waals surface area contributed by atoms with Gasteiger partial charge in [-0.2, -0.15) is 5.26 Å². The molecule has 84 valence electrons. The summed E-state index contributed by atoms with van der Waals surface area (Å²) in [5.74, 6) is 0.593. The number of ether oxygens (including phenoxy) is 1. The number of nitrogens with one attached hydrogen (secondary N) is 1. The second-order valence-corrected chi connectivity index (χ2v) is 4.19. The Morgan fingerprint density at radius 2 is 2.19 bits per heavy atom. The lowest BCUT2D eigenvalue weighted by Gasteiger charge is -2.15. The molecule has 2 unspecified atom stereocenters. The average molecular weight is 216 g/mol. The lowest BCUT2D eigenvalue weighted by Crippen LogP contribution is -2.20. The van der Waals surface area contributed by atoms with Crippen molar-refractivity contribution in [2.24, 2.45) is 5.92 Å². The van der Waals surface area contributed by atoms with Crippen LogP contribution in [0.25, 0.3) is 0 Å². The van der Waals surface area contributed by atoms with Gasteiger partial charge in [0.1, 0.15) is 0 Å². The first-order valence-corrected chi connectivity index (χ1v) is 5.65. The van der Waals surface area contributed by atoms with Crippen LogP contribution in [0.5, 0.6) is 0 Å². The minimum atomic E-state index is 0.353. The van der Waals surface area contributed by atoms with Crippen LogP contribution >= 0.6 is 0 Å². The van der Waals surface area contributed by atoms with Crippen molar-refractivity contribution in [2.75, 3.05) is 18.5 Å². The Bertz CT molecular complexity index is 380. The Morgan fingerprint density at radius 1 is 1.44 bits per heavy atom. The molecule has 3 nitrogen and oxygen atoms in total. The van der Waals surface area contributed by atoms with Crippen molar-refractivity contribution in [1.29, 1.82) is 5.26 Å². The van der Waals surface area contributed by atoms with Crippen LogP contribution in [0.4, 0.5) is 5.69 Å². The van der Waals surface area contributed by atoms with Crippen molar-refractivity contribution in [1.82, 2.24) is 0 Å². The van der Waals surface area contributed by atoms with Gasteiger partial charge in [0.05, 0.1) is 17.7 Å². The molecule has 0 spiro atoms. The maximum absolute atomic E-state index is 8.68. The fraction of sp³-hybridized carbons (Fsp3) is 0.462. The highest BCUT2D eigenvalue weighted by Crippen LogP contribution is 2.21. The zero-order valence-electron chi connectivity index (χ0n) is 9.44. The zero-order chi connectivity index (χ0) is 11.4. The molecular formula is C13H16N2O. The van der Waals surface area contributed by atoms with E-state index in [1.807, 2.05) is 24.3 Å². The highest BCUT2D eigenvalue weighted by molar-refractivity contribution is 5.47. The molecule has 1 heterocycles. The van der Waals surface area contributed by atoms with Gasteiger partial charge in [-0.1, -0.05) is 0 Å². The lowest BCUT2D eigenvalue weighted by atomic mass is 10.0. The Morgan fingerprint density at radius 3 is 2.75 bits per heavy atom. The summed E-state index contributed by atoms with van der Waals surface area (Å²) in [5, 5.41) is 12.1. The average Bonchev–Trinajstić information content (AvgIpc) is 2.73. The number of hydrogen-bond donors (Lipinski definition) is 1. The first-order chi connectivity index (χ1) is 7.79.